The highest BCUT2D eigenvalue weighted by Gasteiger charge is 2.33. The Morgan fingerprint density at radius 3 is 2.54 bits per heavy atom. The molecule has 1 aliphatic heterocycles. The Kier molecular flexibility index (Phi) is 8.07. The molecule has 2 heterocycles. The molecule has 0 radical (unpaired) electrons. The third-order valence-corrected chi connectivity index (χ3v) is 6.22. The lowest BCUT2D eigenvalue weighted by Crippen LogP contribution is -2.38. The van der Waals surface area contributed by atoms with E-state index in [9.17, 15) is 18.0 Å². The average Bonchev–Trinajstić information content (AvgIpc) is 2.79. The van der Waals surface area contributed by atoms with E-state index in [2.05, 4.69) is 38.1 Å². The molecular formula is C24H30F3N5O3. The number of benzene rings is 1. The van der Waals surface area contributed by atoms with Crippen molar-refractivity contribution in [3.63, 3.8) is 0 Å². The fourth-order valence-electron chi connectivity index (χ4n) is 4.30. The van der Waals surface area contributed by atoms with Crippen LogP contribution in [0.15, 0.2) is 36.7 Å². The van der Waals surface area contributed by atoms with E-state index >= 15 is 0 Å². The smallest absolute Gasteiger partial charge is 0.407 e. The molecule has 3 N–H and O–H groups in total. The summed E-state index contributed by atoms with van der Waals surface area (Å²) in [5.74, 6) is 0.947. The summed E-state index contributed by atoms with van der Waals surface area (Å²) in [7, 11) is 0. The largest absolute Gasteiger partial charge is 0.449 e. The molecule has 1 aromatic carbocycles. The first-order valence-electron chi connectivity index (χ1n) is 11.8. The Hall–Kier alpha value is -2.92. The Balaban J connectivity index is 1.17. The number of ether oxygens (including phenoxy) is 2. The van der Waals surface area contributed by atoms with Gasteiger partial charge in [0.15, 0.2) is 0 Å². The summed E-state index contributed by atoms with van der Waals surface area (Å²) in [5, 5.41) is 8.84. The second-order valence-corrected chi connectivity index (χ2v) is 9.17. The number of anilines is 2. The maximum Gasteiger partial charge on any atom is 0.407 e. The van der Waals surface area contributed by atoms with Crippen molar-refractivity contribution in [3.05, 3.63) is 47.8 Å². The van der Waals surface area contributed by atoms with Gasteiger partial charge in [0.05, 0.1) is 32.3 Å². The van der Waals surface area contributed by atoms with Crippen LogP contribution >= 0.6 is 0 Å². The molecule has 35 heavy (non-hydrogen) atoms. The summed E-state index contributed by atoms with van der Waals surface area (Å²) in [4.78, 5) is 20.5. The molecule has 2 aliphatic rings. The van der Waals surface area contributed by atoms with Crippen LogP contribution in [0, 0.1) is 5.92 Å². The second kappa shape index (κ2) is 11.2. The summed E-state index contributed by atoms with van der Waals surface area (Å²) < 4.78 is 47.6. The molecule has 190 valence electrons. The lowest BCUT2D eigenvalue weighted by Gasteiger charge is -2.34. The van der Waals surface area contributed by atoms with E-state index in [1.54, 1.807) is 12.4 Å². The van der Waals surface area contributed by atoms with Crippen molar-refractivity contribution in [1.82, 2.24) is 20.6 Å². The summed E-state index contributed by atoms with van der Waals surface area (Å²) in [6.45, 7) is 3.73. The number of nitrogens with one attached hydrogen (secondary N) is 3. The highest BCUT2D eigenvalue weighted by atomic mass is 19.4. The number of alkyl halides is 3. The van der Waals surface area contributed by atoms with Gasteiger partial charge in [0.2, 0.25) is 5.95 Å². The molecule has 2 fully saturated rings. The Morgan fingerprint density at radius 1 is 1.20 bits per heavy atom. The van der Waals surface area contributed by atoms with E-state index in [1.807, 2.05) is 12.1 Å². The van der Waals surface area contributed by atoms with Crippen molar-refractivity contribution in [2.75, 3.05) is 31.7 Å². The predicted molar refractivity (Wildman–Crippen MR) is 123 cm³/mol. The van der Waals surface area contributed by atoms with E-state index in [-0.39, 0.29) is 24.5 Å². The van der Waals surface area contributed by atoms with Crippen LogP contribution in [0.3, 0.4) is 0 Å². The predicted octanol–water partition coefficient (Wildman–Crippen LogP) is 4.44. The van der Waals surface area contributed by atoms with Crippen LogP contribution in [0.2, 0.25) is 0 Å². The SMILES string of the molecule is CC(CC(F)(F)F)NC(=O)OCC1CC(c2cnc(Nc3ccc(C4COCCN4)cc3)nc2)C1. The van der Waals surface area contributed by atoms with Gasteiger partial charge >= 0.3 is 12.3 Å². The fourth-order valence-corrected chi connectivity index (χ4v) is 4.30. The monoisotopic (exact) mass is 493 g/mol. The number of rotatable bonds is 8. The Bertz CT molecular complexity index is 960. The van der Waals surface area contributed by atoms with E-state index in [0.29, 0.717) is 12.6 Å². The van der Waals surface area contributed by atoms with Crippen molar-refractivity contribution in [1.29, 1.82) is 0 Å². The minimum absolute atomic E-state index is 0.170. The molecule has 0 spiro atoms. The second-order valence-electron chi connectivity index (χ2n) is 9.17. The quantitative estimate of drug-likeness (QED) is 0.500. The maximum absolute atomic E-state index is 12.3. The molecule has 2 atom stereocenters. The number of nitrogens with zero attached hydrogens (tertiary/aromatic N) is 2. The van der Waals surface area contributed by atoms with Gasteiger partial charge in [-0.3, -0.25) is 0 Å². The van der Waals surface area contributed by atoms with Gasteiger partial charge in [-0.05, 0) is 54.9 Å². The number of morpholine rings is 1. The number of aromatic nitrogens is 2. The molecule has 11 heteroatoms. The van der Waals surface area contributed by atoms with Crippen LogP contribution in [0.1, 0.15) is 49.3 Å². The van der Waals surface area contributed by atoms with E-state index in [4.69, 9.17) is 9.47 Å². The Labute approximate surface area is 202 Å². The third kappa shape index (κ3) is 7.53. The third-order valence-electron chi connectivity index (χ3n) is 6.22. The fraction of sp³-hybridized carbons (Fsp3) is 0.542. The van der Waals surface area contributed by atoms with Gasteiger partial charge in [0.1, 0.15) is 0 Å². The minimum atomic E-state index is -4.33. The van der Waals surface area contributed by atoms with E-state index < -0.39 is 24.7 Å². The molecule has 1 amide bonds. The molecule has 1 saturated carbocycles. The number of halogens is 3. The lowest BCUT2D eigenvalue weighted by atomic mass is 9.72. The van der Waals surface area contributed by atoms with Crippen LogP contribution < -0.4 is 16.0 Å². The van der Waals surface area contributed by atoms with Gasteiger partial charge in [-0.1, -0.05) is 12.1 Å². The van der Waals surface area contributed by atoms with Crippen molar-refractivity contribution < 1.29 is 27.4 Å². The van der Waals surface area contributed by atoms with Crippen molar-refractivity contribution in [2.45, 2.75) is 50.4 Å². The standard InChI is InChI=1S/C24H30F3N5O3/c1-15(10-24(25,26)27)31-23(33)35-13-16-8-18(9-16)19-11-29-22(30-12-19)32-20-4-2-17(3-5-20)21-14-34-7-6-28-21/h2-5,11-12,15-16,18,21,28H,6-10,13-14H2,1H3,(H,31,33)(H,29,30,32). The molecular weight excluding hydrogens is 463 g/mol. The highest BCUT2D eigenvalue weighted by Crippen LogP contribution is 2.41. The number of hydrogen-bond donors (Lipinski definition) is 3. The van der Waals surface area contributed by atoms with Gasteiger partial charge in [0, 0.05) is 30.7 Å². The minimum Gasteiger partial charge on any atom is -0.449 e. The first-order chi connectivity index (χ1) is 16.7. The van der Waals surface area contributed by atoms with Crippen LogP contribution in [-0.2, 0) is 9.47 Å². The van der Waals surface area contributed by atoms with E-state index in [0.717, 1.165) is 37.2 Å². The lowest BCUT2D eigenvalue weighted by molar-refractivity contribution is -0.138. The Morgan fingerprint density at radius 2 is 1.91 bits per heavy atom. The summed E-state index contributed by atoms with van der Waals surface area (Å²) in [5.41, 5.74) is 3.07. The van der Waals surface area contributed by atoms with Crippen LogP contribution in [-0.4, -0.2) is 54.6 Å². The molecule has 8 nitrogen and oxygen atoms in total. The van der Waals surface area contributed by atoms with Crippen molar-refractivity contribution in [3.8, 4) is 0 Å². The molecule has 2 unspecified atom stereocenters. The van der Waals surface area contributed by atoms with Gasteiger partial charge in [-0.15, -0.1) is 0 Å². The molecule has 4 rings (SSSR count). The first-order valence-corrected chi connectivity index (χ1v) is 11.8. The van der Waals surface area contributed by atoms with Crippen LogP contribution in [0.4, 0.5) is 29.6 Å². The normalized spacial score (nSPS) is 23.1. The molecule has 2 aromatic rings. The molecule has 1 aromatic heterocycles. The highest BCUT2D eigenvalue weighted by molar-refractivity contribution is 5.67. The summed E-state index contributed by atoms with van der Waals surface area (Å²) in [6.07, 6.45) is -1.03. The topological polar surface area (TPSA) is 97.4 Å². The molecule has 1 saturated heterocycles. The summed E-state index contributed by atoms with van der Waals surface area (Å²) >= 11 is 0. The van der Waals surface area contributed by atoms with Gasteiger partial charge in [-0.25, -0.2) is 14.8 Å². The zero-order valence-electron chi connectivity index (χ0n) is 19.5. The molecule has 1 aliphatic carbocycles. The number of alkyl carbamates (subject to hydrolysis) is 1. The average molecular weight is 494 g/mol. The zero-order chi connectivity index (χ0) is 24.8. The van der Waals surface area contributed by atoms with Gasteiger partial charge in [-0.2, -0.15) is 13.2 Å². The van der Waals surface area contributed by atoms with Crippen molar-refractivity contribution in [2.24, 2.45) is 5.92 Å². The number of hydrogen-bond acceptors (Lipinski definition) is 7. The van der Waals surface area contributed by atoms with Crippen molar-refractivity contribution >= 4 is 17.7 Å². The van der Waals surface area contributed by atoms with Gasteiger partial charge < -0.3 is 25.4 Å². The van der Waals surface area contributed by atoms with Gasteiger partial charge in [0.25, 0.3) is 0 Å². The van der Waals surface area contributed by atoms with Crippen LogP contribution in [0.25, 0.3) is 0 Å². The number of amides is 1. The van der Waals surface area contributed by atoms with Crippen LogP contribution in [0.5, 0.6) is 0 Å². The summed E-state index contributed by atoms with van der Waals surface area (Å²) in [6, 6.07) is 7.26. The number of carbonyl (C=O) groups excluding carboxylic acids is 1. The zero-order valence-corrected chi connectivity index (χ0v) is 19.5. The molecule has 0 bridgehead atoms. The van der Waals surface area contributed by atoms with E-state index in [1.165, 1.54) is 12.5 Å². The number of carbonyl (C=O) groups is 1. The first kappa shape index (κ1) is 25.2. The maximum atomic E-state index is 12.3.